The molecule has 0 bridgehead atoms. The van der Waals surface area contributed by atoms with Crippen LogP contribution >= 0.6 is 27.0 Å². The van der Waals surface area contributed by atoms with Crippen LogP contribution < -0.4 is 0 Å². The van der Waals surface area contributed by atoms with Gasteiger partial charge in [-0.05, 0) is 18.9 Å². The van der Waals surface area contributed by atoms with Gasteiger partial charge in [0.1, 0.15) is 0 Å². The van der Waals surface area contributed by atoms with E-state index in [1.54, 1.807) is 0 Å². The maximum atomic E-state index is 11.6. The minimum absolute atomic E-state index is 0. The molecule has 4 heteroatoms. The monoisotopic (exact) mass is 260 g/mol. The van der Waals surface area contributed by atoms with E-state index in [2.05, 4.69) is 0 Å². The van der Waals surface area contributed by atoms with E-state index in [1.807, 2.05) is 44.2 Å². The molecule has 0 spiro atoms. The second-order valence-corrected chi connectivity index (χ2v) is 3.12. The Balaban J connectivity index is 0. The third-order valence-corrected chi connectivity index (χ3v) is 2.18. The summed E-state index contributed by atoms with van der Waals surface area (Å²) in [6, 6.07) is 9.76. The minimum Gasteiger partial charge on any atom is -0.466 e. The fraction of sp³-hybridized carbons (Fsp3) is 0.417. The summed E-state index contributed by atoms with van der Waals surface area (Å²) in [5.74, 6) is -0.239. The van der Waals surface area contributed by atoms with Crippen LogP contribution in [0.5, 0.6) is 0 Å². The van der Waals surface area contributed by atoms with Crippen LogP contribution in [-0.4, -0.2) is 12.6 Å². The third-order valence-electron chi connectivity index (χ3n) is 2.18. The lowest BCUT2D eigenvalue weighted by Gasteiger charge is -2.13. The molecule has 1 unspecified atom stereocenters. The van der Waals surface area contributed by atoms with Gasteiger partial charge in [-0.3, -0.25) is 4.79 Å². The van der Waals surface area contributed by atoms with Crippen LogP contribution in [0.15, 0.2) is 30.3 Å². The Morgan fingerprint density at radius 1 is 1.19 bits per heavy atom. The highest BCUT2D eigenvalue weighted by Gasteiger charge is 2.18. The Morgan fingerprint density at radius 2 is 1.75 bits per heavy atom. The van der Waals surface area contributed by atoms with Gasteiger partial charge in [-0.15, -0.1) is 0 Å². The molecule has 1 aromatic rings. The van der Waals surface area contributed by atoms with Crippen LogP contribution in [0.2, 0.25) is 0 Å². The van der Waals surface area contributed by atoms with E-state index in [1.165, 1.54) is 0 Å². The van der Waals surface area contributed by atoms with Crippen LogP contribution in [0.4, 0.5) is 0 Å². The van der Waals surface area contributed by atoms with Crippen LogP contribution in [0, 0.1) is 0 Å². The quantitative estimate of drug-likeness (QED) is 0.778. The largest absolute Gasteiger partial charge is 0.466 e. The fourth-order valence-corrected chi connectivity index (χ4v) is 1.47. The summed E-state index contributed by atoms with van der Waals surface area (Å²) >= 11 is 0. The molecule has 0 aliphatic carbocycles. The number of hydrogen-bond donors (Lipinski definition) is 0. The van der Waals surface area contributed by atoms with E-state index in [0.29, 0.717) is 6.61 Å². The predicted octanol–water partition coefficient (Wildman–Crippen LogP) is 2.97. The van der Waals surface area contributed by atoms with Crippen molar-refractivity contribution in [2.75, 3.05) is 6.61 Å². The normalized spacial score (nSPS) is 10.6. The third kappa shape index (κ3) is 4.94. The second-order valence-electron chi connectivity index (χ2n) is 3.12. The lowest BCUT2D eigenvalue weighted by molar-refractivity contribution is -0.145. The summed E-state index contributed by atoms with van der Waals surface area (Å²) in [5, 5.41) is 0. The van der Waals surface area contributed by atoms with Crippen molar-refractivity contribution in [3.63, 3.8) is 0 Å². The molecule has 0 aliphatic heterocycles. The Labute approximate surface area is 111 Å². The molecular formula is C12H20O2S2. The molecule has 92 valence electrons. The first-order valence-corrected chi connectivity index (χ1v) is 5.01. The van der Waals surface area contributed by atoms with Gasteiger partial charge in [0.25, 0.3) is 0 Å². The SMILES string of the molecule is CCOC(=O)C(CC)c1ccccc1.S.S. The lowest BCUT2D eigenvalue weighted by Crippen LogP contribution is -2.15. The molecule has 1 atom stereocenters. The zero-order valence-corrected chi connectivity index (χ0v) is 11.7. The first kappa shape index (κ1) is 17.8. The van der Waals surface area contributed by atoms with Crippen LogP contribution in [0.25, 0.3) is 0 Å². The van der Waals surface area contributed by atoms with Crippen LogP contribution in [0.1, 0.15) is 31.7 Å². The average molecular weight is 260 g/mol. The molecule has 1 rings (SSSR count). The molecule has 16 heavy (non-hydrogen) atoms. The number of rotatable bonds is 4. The summed E-state index contributed by atoms with van der Waals surface area (Å²) in [6.45, 7) is 4.27. The number of esters is 1. The van der Waals surface area contributed by atoms with Gasteiger partial charge in [-0.25, -0.2) is 0 Å². The lowest BCUT2D eigenvalue weighted by atomic mass is 9.97. The molecule has 0 saturated heterocycles. The topological polar surface area (TPSA) is 26.3 Å². The smallest absolute Gasteiger partial charge is 0.313 e. The van der Waals surface area contributed by atoms with Gasteiger partial charge in [0.15, 0.2) is 0 Å². The molecule has 0 amide bonds. The van der Waals surface area contributed by atoms with Gasteiger partial charge >= 0.3 is 5.97 Å². The molecule has 0 heterocycles. The molecule has 0 radical (unpaired) electrons. The van der Waals surface area contributed by atoms with Gasteiger partial charge in [-0.2, -0.15) is 27.0 Å². The summed E-state index contributed by atoms with van der Waals surface area (Å²) in [7, 11) is 0. The van der Waals surface area contributed by atoms with Gasteiger partial charge in [0, 0.05) is 0 Å². The van der Waals surface area contributed by atoms with Gasteiger partial charge in [0.05, 0.1) is 12.5 Å². The maximum absolute atomic E-state index is 11.6. The minimum atomic E-state index is -0.124. The Hall–Kier alpha value is -0.610. The number of benzene rings is 1. The maximum Gasteiger partial charge on any atom is 0.313 e. The number of carbonyl (C=O) groups is 1. The molecule has 0 N–H and O–H groups in total. The van der Waals surface area contributed by atoms with E-state index < -0.39 is 0 Å². The predicted molar refractivity (Wildman–Crippen MR) is 76.9 cm³/mol. The Kier molecular flexibility index (Phi) is 10.7. The van der Waals surface area contributed by atoms with E-state index >= 15 is 0 Å². The summed E-state index contributed by atoms with van der Waals surface area (Å²) in [6.07, 6.45) is 0.781. The van der Waals surface area contributed by atoms with Crippen molar-refractivity contribution in [2.24, 2.45) is 0 Å². The van der Waals surface area contributed by atoms with Gasteiger partial charge in [-0.1, -0.05) is 37.3 Å². The molecule has 0 saturated carbocycles. The zero-order chi connectivity index (χ0) is 10.4. The molecule has 1 aromatic carbocycles. The highest BCUT2D eigenvalue weighted by atomic mass is 32.1. The van der Waals surface area contributed by atoms with Crippen molar-refractivity contribution in [1.29, 1.82) is 0 Å². The molecule has 0 fully saturated rings. The van der Waals surface area contributed by atoms with E-state index in [4.69, 9.17) is 4.74 Å². The first-order valence-electron chi connectivity index (χ1n) is 5.01. The molecule has 2 nitrogen and oxygen atoms in total. The van der Waals surface area contributed by atoms with Gasteiger partial charge in [0.2, 0.25) is 0 Å². The molecule has 0 aromatic heterocycles. The van der Waals surface area contributed by atoms with Crippen LogP contribution in [-0.2, 0) is 9.53 Å². The van der Waals surface area contributed by atoms with Crippen molar-refractivity contribution in [2.45, 2.75) is 26.2 Å². The average Bonchev–Trinajstić information content (AvgIpc) is 2.21. The molecule has 0 aliphatic rings. The van der Waals surface area contributed by atoms with Crippen LogP contribution in [0.3, 0.4) is 0 Å². The van der Waals surface area contributed by atoms with Gasteiger partial charge < -0.3 is 4.74 Å². The second kappa shape index (κ2) is 9.60. The molecular weight excluding hydrogens is 240 g/mol. The Bertz CT molecular complexity index is 288. The van der Waals surface area contributed by atoms with Crippen molar-refractivity contribution in [3.05, 3.63) is 35.9 Å². The van der Waals surface area contributed by atoms with Crippen molar-refractivity contribution in [3.8, 4) is 0 Å². The van der Waals surface area contributed by atoms with E-state index in [9.17, 15) is 4.79 Å². The first-order chi connectivity index (χ1) is 6.79. The highest BCUT2D eigenvalue weighted by Crippen LogP contribution is 2.20. The standard InChI is InChI=1S/C12H16O2.2H2S/c1-3-11(12(13)14-4-2)10-8-6-5-7-9-10;;/h5-9,11H,3-4H2,1-2H3;2*1H2. The van der Waals surface area contributed by atoms with Crippen molar-refractivity contribution in [1.82, 2.24) is 0 Å². The summed E-state index contributed by atoms with van der Waals surface area (Å²) in [4.78, 5) is 11.6. The summed E-state index contributed by atoms with van der Waals surface area (Å²) in [5.41, 5.74) is 1.04. The van der Waals surface area contributed by atoms with E-state index in [0.717, 1.165) is 12.0 Å². The van der Waals surface area contributed by atoms with Crippen molar-refractivity contribution >= 4 is 33.0 Å². The number of carbonyl (C=O) groups excluding carboxylic acids is 1. The van der Waals surface area contributed by atoms with Crippen molar-refractivity contribution < 1.29 is 9.53 Å². The number of hydrogen-bond acceptors (Lipinski definition) is 2. The fourth-order valence-electron chi connectivity index (χ4n) is 1.47. The Morgan fingerprint density at radius 3 is 2.19 bits per heavy atom. The highest BCUT2D eigenvalue weighted by molar-refractivity contribution is 7.59. The number of ether oxygens (including phenoxy) is 1. The van der Waals surface area contributed by atoms with E-state index in [-0.39, 0.29) is 38.9 Å². The zero-order valence-electron chi connectivity index (χ0n) is 9.69. The summed E-state index contributed by atoms with van der Waals surface area (Å²) < 4.78 is 5.01.